The number of benzene rings is 1. The summed E-state index contributed by atoms with van der Waals surface area (Å²) in [5, 5.41) is 9.17. The Hall–Kier alpha value is -1.13. The zero-order valence-electron chi connectivity index (χ0n) is 10.1. The van der Waals surface area contributed by atoms with E-state index in [9.17, 15) is 8.42 Å². The van der Waals surface area contributed by atoms with Crippen LogP contribution in [0.3, 0.4) is 0 Å². The summed E-state index contributed by atoms with van der Waals surface area (Å²) in [5.74, 6) is 0. The lowest BCUT2D eigenvalue weighted by atomic mass is 10.1. The van der Waals surface area contributed by atoms with E-state index in [4.69, 9.17) is 22.6 Å². The van der Waals surface area contributed by atoms with Crippen LogP contribution in [0.4, 0.5) is 0 Å². The van der Waals surface area contributed by atoms with Crippen LogP contribution in [0.1, 0.15) is 19.4 Å². The molecule has 1 aromatic carbocycles. The SMILES string of the molecule is CC(C)(CN)NS(=O)(=O)c1cc(Cl)ccc1C#N. The number of halogens is 1. The largest absolute Gasteiger partial charge is 0.329 e. The standard InChI is InChI=1S/C11H14ClN3O2S/c1-11(2,7-14)15-18(16,17)10-5-9(12)4-3-8(10)6-13/h3-5,15H,7,14H2,1-2H3. The first-order valence-corrected chi connectivity index (χ1v) is 7.02. The van der Waals surface area contributed by atoms with E-state index < -0.39 is 15.6 Å². The normalized spacial score (nSPS) is 12.2. The molecule has 0 saturated carbocycles. The summed E-state index contributed by atoms with van der Waals surface area (Å²) in [6.07, 6.45) is 0. The number of nitrogens with one attached hydrogen (secondary N) is 1. The molecule has 98 valence electrons. The molecule has 7 heteroatoms. The average molecular weight is 288 g/mol. The molecule has 18 heavy (non-hydrogen) atoms. The van der Waals surface area contributed by atoms with Gasteiger partial charge >= 0.3 is 0 Å². The summed E-state index contributed by atoms with van der Waals surface area (Å²) >= 11 is 5.76. The molecule has 1 rings (SSSR count). The van der Waals surface area contributed by atoms with Gasteiger partial charge in [-0.15, -0.1) is 0 Å². The van der Waals surface area contributed by atoms with E-state index in [0.717, 1.165) is 0 Å². The summed E-state index contributed by atoms with van der Waals surface area (Å²) in [5.41, 5.74) is 4.72. The first-order valence-electron chi connectivity index (χ1n) is 5.15. The van der Waals surface area contributed by atoms with Crippen molar-refractivity contribution >= 4 is 21.6 Å². The highest BCUT2D eigenvalue weighted by molar-refractivity contribution is 7.89. The maximum atomic E-state index is 12.2. The molecule has 5 nitrogen and oxygen atoms in total. The van der Waals surface area contributed by atoms with Gasteiger partial charge in [0.15, 0.2) is 0 Å². The van der Waals surface area contributed by atoms with E-state index in [1.165, 1.54) is 18.2 Å². The Bertz CT molecular complexity index is 591. The molecule has 0 aliphatic rings. The lowest BCUT2D eigenvalue weighted by Gasteiger charge is -2.24. The number of sulfonamides is 1. The average Bonchev–Trinajstić information content (AvgIpc) is 2.28. The predicted octanol–water partition coefficient (Wildman–Crippen LogP) is 1.23. The smallest absolute Gasteiger partial charge is 0.242 e. The van der Waals surface area contributed by atoms with Crippen molar-refractivity contribution in [1.82, 2.24) is 4.72 Å². The molecule has 0 amide bonds. The Morgan fingerprint density at radius 3 is 2.61 bits per heavy atom. The van der Waals surface area contributed by atoms with Gasteiger partial charge in [0, 0.05) is 17.1 Å². The van der Waals surface area contributed by atoms with Crippen molar-refractivity contribution in [2.24, 2.45) is 5.73 Å². The molecule has 0 bridgehead atoms. The Kier molecular flexibility index (Phi) is 4.35. The monoisotopic (exact) mass is 287 g/mol. The summed E-state index contributed by atoms with van der Waals surface area (Å²) in [6, 6.07) is 5.90. The fourth-order valence-electron chi connectivity index (χ4n) is 1.27. The summed E-state index contributed by atoms with van der Waals surface area (Å²) in [6.45, 7) is 3.44. The highest BCUT2D eigenvalue weighted by Gasteiger charge is 2.27. The highest BCUT2D eigenvalue weighted by Crippen LogP contribution is 2.21. The van der Waals surface area contributed by atoms with Crippen molar-refractivity contribution in [2.45, 2.75) is 24.3 Å². The quantitative estimate of drug-likeness (QED) is 0.870. The van der Waals surface area contributed by atoms with Crippen LogP contribution in [0.25, 0.3) is 0 Å². The molecular formula is C11H14ClN3O2S. The number of hydrogen-bond acceptors (Lipinski definition) is 4. The zero-order chi connectivity index (χ0) is 14.0. The van der Waals surface area contributed by atoms with E-state index in [1.807, 2.05) is 6.07 Å². The van der Waals surface area contributed by atoms with E-state index >= 15 is 0 Å². The van der Waals surface area contributed by atoms with Crippen LogP contribution in [0, 0.1) is 11.3 Å². The Morgan fingerprint density at radius 2 is 2.11 bits per heavy atom. The molecule has 0 unspecified atom stereocenters. The molecule has 0 saturated heterocycles. The van der Waals surface area contributed by atoms with Crippen LogP contribution in [-0.4, -0.2) is 20.5 Å². The zero-order valence-corrected chi connectivity index (χ0v) is 11.6. The van der Waals surface area contributed by atoms with Crippen molar-refractivity contribution in [2.75, 3.05) is 6.54 Å². The van der Waals surface area contributed by atoms with Crippen LogP contribution >= 0.6 is 11.6 Å². The van der Waals surface area contributed by atoms with Crippen molar-refractivity contribution in [3.63, 3.8) is 0 Å². The fourth-order valence-corrected chi connectivity index (χ4v) is 3.11. The molecule has 0 heterocycles. The van der Waals surface area contributed by atoms with E-state index in [-0.39, 0.29) is 22.0 Å². The summed E-state index contributed by atoms with van der Waals surface area (Å²) < 4.78 is 26.8. The third-order valence-electron chi connectivity index (χ3n) is 2.27. The molecule has 0 atom stereocenters. The first-order chi connectivity index (χ1) is 8.22. The van der Waals surface area contributed by atoms with Gasteiger partial charge in [-0.3, -0.25) is 0 Å². The topological polar surface area (TPSA) is 96.0 Å². The number of nitriles is 1. The molecule has 0 spiro atoms. The number of rotatable bonds is 4. The molecule has 3 N–H and O–H groups in total. The number of nitrogens with zero attached hydrogens (tertiary/aromatic N) is 1. The maximum Gasteiger partial charge on any atom is 0.242 e. The minimum Gasteiger partial charge on any atom is -0.329 e. The van der Waals surface area contributed by atoms with Crippen molar-refractivity contribution < 1.29 is 8.42 Å². The van der Waals surface area contributed by atoms with Gasteiger partial charge in [0.25, 0.3) is 0 Å². The second kappa shape index (κ2) is 5.24. The van der Waals surface area contributed by atoms with Crippen LogP contribution in [0.2, 0.25) is 5.02 Å². The fraction of sp³-hybridized carbons (Fsp3) is 0.364. The van der Waals surface area contributed by atoms with E-state index in [0.29, 0.717) is 0 Å². The lowest BCUT2D eigenvalue weighted by Crippen LogP contribution is -2.48. The summed E-state index contributed by atoms with van der Waals surface area (Å²) in [4.78, 5) is -0.140. The van der Waals surface area contributed by atoms with Crippen molar-refractivity contribution in [3.05, 3.63) is 28.8 Å². The lowest BCUT2D eigenvalue weighted by molar-refractivity contribution is 0.462. The number of nitrogens with two attached hydrogens (primary N) is 1. The van der Waals surface area contributed by atoms with Gasteiger partial charge in [-0.2, -0.15) is 5.26 Å². The Labute approximate surface area is 112 Å². The van der Waals surface area contributed by atoms with Crippen LogP contribution in [0.15, 0.2) is 23.1 Å². The van der Waals surface area contributed by atoms with Crippen LogP contribution in [0.5, 0.6) is 0 Å². The van der Waals surface area contributed by atoms with Gasteiger partial charge in [-0.1, -0.05) is 11.6 Å². The third kappa shape index (κ3) is 3.43. The van der Waals surface area contributed by atoms with Gasteiger partial charge in [-0.05, 0) is 32.0 Å². The molecule has 0 aliphatic heterocycles. The molecule has 0 fully saturated rings. The molecular weight excluding hydrogens is 274 g/mol. The molecule has 0 radical (unpaired) electrons. The van der Waals surface area contributed by atoms with Gasteiger partial charge in [0.05, 0.1) is 5.56 Å². The third-order valence-corrected chi connectivity index (χ3v) is 4.25. The molecule has 1 aromatic rings. The van der Waals surface area contributed by atoms with Gasteiger partial charge in [-0.25, -0.2) is 13.1 Å². The number of hydrogen-bond donors (Lipinski definition) is 2. The van der Waals surface area contributed by atoms with E-state index in [1.54, 1.807) is 13.8 Å². The molecule has 0 aliphatic carbocycles. The highest BCUT2D eigenvalue weighted by atomic mass is 35.5. The van der Waals surface area contributed by atoms with Crippen molar-refractivity contribution in [3.8, 4) is 6.07 Å². The van der Waals surface area contributed by atoms with Gasteiger partial charge in [0.2, 0.25) is 10.0 Å². The predicted molar refractivity (Wildman–Crippen MR) is 69.6 cm³/mol. The minimum absolute atomic E-state index is 0.0414. The van der Waals surface area contributed by atoms with E-state index in [2.05, 4.69) is 4.72 Å². The van der Waals surface area contributed by atoms with Gasteiger partial charge in [0.1, 0.15) is 11.0 Å². The minimum atomic E-state index is -3.83. The van der Waals surface area contributed by atoms with Crippen molar-refractivity contribution in [1.29, 1.82) is 5.26 Å². The Morgan fingerprint density at radius 1 is 1.50 bits per heavy atom. The molecule has 0 aromatic heterocycles. The van der Waals surface area contributed by atoms with Gasteiger partial charge < -0.3 is 5.73 Å². The first kappa shape index (κ1) is 14.9. The van der Waals surface area contributed by atoms with Crippen LogP contribution < -0.4 is 10.5 Å². The van der Waals surface area contributed by atoms with Crippen LogP contribution in [-0.2, 0) is 10.0 Å². The second-order valence-corrected chi connectivity index (χ2v) is 6.53. The summed E-state index contributed by atoms with van der Waals surface area (Å²) in [7, 11) is -3.83. The maximum absolute atomic E-state index is 12.2. The second-order valence-electron chi connectivity index (χ2n) is 4.45. The Balaban J connectivity index is 3.30.